The number of hydrogen-bond donors (Lipinski definition) is 2. The zero-order valence-corrected chi connectivity index (χ0v) is 10.8. The second-order valence-corrected chi connectivity index (χ2v) is 4.47. The van der Waals surface area contributed by atoms with E-state index in [4.69, 9.17) is 11.0 Å². The van der Waals surface area contributed by atoms with Gasteiger partial charge in [-0.1, -0.05) is 37.3 Å². The van der Waals surface area contributed by atoms with Crippen LogP contribution in [0, 0.1) is 11.3 Å². The summed E-state index contributed by atoms with van der Waals surface area (Å²) in [6, 6.07) is 13.9. The van der Waals surface area contributed by atoms with Crippen molar-refractivity contribution in [2.75, 3.05) is 17.6 Å². The van der Waals surface area contributed by atoms with Crippen LogP contribution >= 0.6 is 0 Å². The minimum absolute atomic E-state index is 0.340. The van der Waals surface area contributed by atoms with Crippen molar-refractivity contribution in [3.05, 3.63) is 53.7 Å². The van der Waals surface area contributed by atoms with Gasteiger partial charge in [0.1, 0.15) is 11.9 Å². The number of nitrogens with two attached hydrogens (primary N) is 1. The lowest BCUT2D eigenvalue weighted by molar-refractivity contribution is 0.801. The van der Waals surface area contributed by atoms with E-state index >= 15 is 0 Å². The number of pyridine rings is 1. The summed E-state index contributed by atoms with van der Waals surface area (Å²) in [5.74, 6) is 0.923. The van der Waals surface area contributed by atoms with Crippen molar-refractivity contribution in [1.29, 1.82) is 5.26 Å². The first kappa shape index (κ1) is 12.9. The Morgan fingerprint density at radius 3 is 2.79 bits per heavy atom. The molecular weight excluding hydrogens is 236 g/mol. The van der Waals surface area contributed by atoms with Gasteiger partial charge in [0, 0.05) is 6.54 Å². The highest BCUT2D eigenvalue weighted by molar-refractivity contribution is 5.57. The summed E-state index contributed by atoms with van der Waals surface area (Å²) < 4.78 is 0. The Balaban J connectivity index is 2.05. The highest BCUT2D eigenvalue weighted by Gasteiger charge is 2.08. The number of anilines is 2. The molecule has 1 aromatic heterocycles. The van der Waals surface area contributed by atoms with Gasteiger partial charge in [0.15, 0.2) is 0 Å². The highest BCUT2D eigenvalue weighted by Crippen LogP contribution is 2.18. The third-order valence-corrected chi connectivity index (χ3v) is 2.97. The quantitative estimate of drug-likeness (QED) is 0.877. The van der Waals surface area contributed by atoms with E-state index in [1.165, 1.54) is 5.56 Å². The van der Waals surface area contributed by atoms with Crippen LogP contribution in [0.25, 0.3) is 0 Å². The molecule has 0 amide bonds. The molecule has 2 rings (SSSR count). The molecule has 96 valence electrons. The number of benzene rings is 1. The largest absolute Gasteiger partial charge is 0.397 e. The number of hydrogen-bond acceptors (Lipinski definition) is 4. The van der Waals surface area contributed by atoms with E-state index in [0.29, 0.717) is 23.0 Å². The molecule has 0 saturated heterocycles. The van der Waals surface area contributed by atoms with Crippen molar-refractivity contribution in [3.8, 4) is 6.07 Å². The Bertz CT molecular complexity index is 587. The molecule has 0 aliphatic heterocycles. The SMILES string of the molecule is CC(CNc1ncc(N)cc1C#N)c1ccccc1. The summed E-state index contributed by atoms with van der Waals surface area (Å²) in [5.41, 5.74) is 7.83. The normalized spacial score (nSPS) is 11.6. The van der Waals surface area contributed by atoms with Crippen LogP contribution in [0.5, 0.6) is 0 Å². The number of nitrogen functional groups attached to an aromatic ring is 1. The van der Waals surface area contributed by atoms with Crippen LogP contribution in [0.2, 0.25) is 0 Å². The van der Waals surface area contributed by atoms with Gasteiger partial charge in [-0.25, -0.2) is 4.98 Å². The molecule has 0 aliphatic rings. The van der Waals surface area contributed by atoms with E-state index in [1.807, 2.05) is 18.2 Å². The third-order valence-electron chi connectivity index (χ3n) is 2.97. The number of nitriles is 1. The van der Waals surface area contributed by atoms with Gasteiger partial charge < -0.3 is 11.1 Å². The number of rotatable bonds is 4. The standard InChI is InChI=1S/C15H16N4/c1-11(12-5-3-2-4-6-12)9-18-15-13(8-16)7-14(17)10-19-15/h2-7,10-11H,9,17H2,1H3,(H,18,19). The Kier molecular flexibility index (Phi) is 3.99. The van der Waals surface area contributed by atoms with E-state index in [-0.39, 0.29) is 0 Å². The van der Waals surface area contributed by atoms with Gasteiger partial charge in [-0.05, 0) is 17.5 Å². The van der Waals surface area contributed by atoms with Crippen molar-refractivity contribution >= 4 is 11.5 Å². The average molecular weight is 252 g/mol. The summed E-state index contributed by atoms with van der Waals surface area (Å²) in [7, 11) is 0. The van der Waals surface area contributed by atoms with Gasteiger partial charge in [-0.2, -0.15) is 5.26 Å². The Labute approximate surface area is 112 Å². The topological polar surface area (TPSA) is 74.7 Å². The van der Waals surface area contributed by atoms with Gasteiger partial charge in [0.25, 0.3) is 0 Å². The Hall–Kier alpha value is -2.54. The van der Waals surface area contributed by atoms with Crippen molar-refractivity contribution < 1.29 is 0 Å². The molecule has 2 aromatic rings. The van der Waals surface area contributed by atoms with Gasteiger partial charge in [-0.3, -0.25) is 0 Å². The molecular formula is C15H16N4. The molecule has 0 aliphatic carbocycles. The number of nitrogens with one attached hydrogen (secondary N) is 1. The van der Waals surface area contributed by atoms with Crippen molar-refractivity contribution in [1.82, 2.24) is 4.98 Å². The van der Waals surface area contributed by atoms with Crippen molar-refractivity contribution in [2.24, 2.45) is 0 Å². The third kappa shape index (κ3) is 3.23. The zero-order valence-electron chi connectivity index (χ0n) is 10.8. The van der Waals surface area contributed by atoms with Crippen molar-refractivity contribution in [3.63, 3.8) is 0 Å². The van der Waals surface area contributed by atoms with Crippen LogP contribution < -0.4 is 11.1 Å². The Morgan fingerprint density at radius 1 is 1.37 bits per heavy atom. The minimum Gasteiger partial charge on any atom is -0.397 e. The van der Waals surface area contributed by atoms with Gasteiger partial charge in [0.05, 0.1) is 17.4 Å². The summed E-state index contributed by atoms with van der Waals surface area (Å²) in [6.07, 6.45) is 1.55. The fraction of sp³-hybridized carbons (Fsp3) is 0.200. The second-order valence-electron chi connectivity index (χ2n) is 4.47. The predicted molar refractivity (Wildman–Crippen MR) is 76.7 cm³/mol. The smallest absolute Gasteiger partial charge is 0.144 e. The maximum absolute atomic E-state index is 9.04. The molecule has 0 fully saturated rings. The summed E-state index contributed by atoms with van der Waals surface area (Å²) >= 11 is 0. The molecule has 1 atom stereocenters. The molecule has 1 unspecified atom stereocenters. The molecule has 0 spiro atoms. The summed E-state index contributed by atoms with van der Waals surface area (Å²) in [4.78, 5) is 4.16. The maximum atomic E-state index is 9.04. The second kappa shape index (κ2) is 5.87. The van der Waals surface area contributed by atoms with E-state index in [1.54, 1.807) is 12.3 Å². The van der Waals surface area contributed by atoms with Crippen LogP contribution in [0.15, 0.2) is 42.6 Å². The lowest BCUT2D eigenvalue weighted by Gasteiger charge is -2.14. The van der Waals surface area contributed by atoms with Crippen LogP contribution in [-0.4, -0.2) is 11.5 Å². The van der Waals surface area contributed by atoms with Crippen LogP contribution in [0.4, 0.5) is 11.5 Å². The summed E-state index contributed by atoms with van der Waals surface area (Å²) in [6.45, 7) is 2.85. The van der Waals surface area contributed by atoms with Crippen LogP contribution in [-0.2, 0) is 0 Å². The van der Waals surface area contributed by atoms with Crippen LogP contribution in [0.3, 0.4) is 0 Å². The first-order valence-electron chi connectivity index (χ1n) is 6.15. The lowest BCUT2D eigenvalue weighted by Crippen LogP contribution is -2.12. The van der Waals surface area contributed by atoms with Crippen molar-refractivity contribution in [2.45, 2.75) is 12.8 Å². The molecule has 0 bridgehead atoms. The molecule has 1 aromatic carbocycles. The molecule has 0 radical (unpaired) electrons. The predicted octanol–water partition coefficient (Wildman–Crippen LogP) is 2.75. The van der Waals surface area contributed by atoms with E-state index in [9.17, 15) is 0 Å². The number of aromatic nitrogens is 1. The van der Waals surface area contributed by atoms with Gasteiger partial charge in [-0.15, -0.1) is 0 Å². The molecule has 3 N–H and O–H groups in total. The lowest BCUT2D eigenvalue weighted by atomic mass is 10.0. The fourth-order valence-corrected chi connectivity index (χ4v) is 1.86. The molecule has 0 saturated carbocycles. The molecule has 19 heavy (non-hydrogen) atoms. The monoisotopic (exact) mass is 252 g/mol. The molecule has 4 nitrogen and oxygen atoms in total. The minimum atomic E-state index is 0.340. The van der Waals surface area contributed by atoms with Gasteiger partial charge in [0.2, 0.25) is 0 Å². The van der Waals surface area contributed by atoms with E-state index in [0.717, 1.165) is 6.54 Å². The number of nitrogens with zero attached hydrogens (tertiary/aromatic N) is 2. The van der Waals surface area contributed by atoms with Crippen LogP contribution in [0.1, 0.15) is 24.0 Å². The summed E-state index contributed by atoms with van der Waals surface area (Å²) in [5, 5.41) is 12.2. The first-order valence-corrected chi connectivity index (χ1v) is 6.15. The molecule has 1 heterocycles. The van der Waals surface area contributed by atoms with Gasteiger partial charge >= 0.3 is 0 Å². The first-order chi connectivity index (χ1) is 9.20. The Morgan fingerprint density at radius 2 is 2.11 bits per heavy atom. The molecule has 4 heteroatoms. The maximum Gasteiger partial charge on any atom is 0.144 e. The van der Waals surface area contributed by atoms with E-state index < -0.39 is 0 Å². The average Bonchev–Trinajstić information content (AvgIpc) is 2.46. The van der Waals surface area contributed by atoms with E-state index in [2.05, 4.69) is 35.4 Å². The highest BCUT2D eigenvalue weighted by atomic mass is 15.0. The fourth-order valence-electron chi connectivity index (χ4n) is 1.86. The zero-order chi connectivity index (χ0) is 13.7.